The number of aromatic nitrogens is 2. The van der Waals surface area contributed by atoms with Gasteiger partial charge in [0.2, 0.25) is 0 Å². The molecule has 0 radical (unpaired) electrons. The van der Waals surface area contributed by atoms with Crippen molar-refractivity contribution in [1.82, 2.24) is 9.13 Å². The lowest BCUT2D eigenvalue weighted by atomic mass is 9.94. The maximum atomic E-state index is 13.2. The zero-order valence-electron chi connectivity index (χ0n) is 19.7. The molecule has 0 aliphatic carbocycles. The minimum absolute atomic E-state index is 0.141. The first kappa shape index (κ1) is 21.6. The number of carbonyl (C=O) groups excluding carboxylic acids is 1. The van der Waals surface area contributed by atoms with Gasteiger partial charge in [-0.15, -0.1) is 13.2 Å². The largest absolute Gasteiger partial charge is 0.383 e. The molecule has 5 heterocycles. The molecule has 7 nitrogen and oxygen atoms in total. The molecule has 35 heavy (non-hydrogen) atoms. The third-order valence-electron chi connectivity index (χ3n) is 7.28. The zero-order valence-corrected chi connectivity index (χ0v) is 19.7. The van der Waals surface area contributed by atoms with Gasteiger partial charge in [0, 0.05) is 40.8 Å². The molecule has 1 fully saturated rings. The molecule has 3 aliphatic heterocycles. The van der Waals surface area contributed by atoms with Crippen LogP contribution in [0.1, 0.15) is 53.0 Å². The van der Waals surface area contributed by atoms with Gasteiger partial charge in [0.05, 0.1) is 27.8 Å². The van der Waals surface area contributed by atoms with Crippen molar-refractivity contribution in [1.29, 1.82) is 0 Å². The number of amides is 1. The number of hydrogen-bond acceptors (Lipinski definition) is 4. The number of ether oxygens (including phenoxy) is 2. The highest BCUT2D eigenvalue weighted by Crippen LogP contribution is 2.52. The maximum absolute atomic E-state index is 13.2. The molecule has 0 spiro atoms. The summed E-state index contributed by atoms with van der Waals surface area (Å²) in [6.07, 6.45) is 5.84. The van der Waals surface area contributed by atoms with Crippen molar-refractivity contribution >= 4 is 56.6 Å². The van der Waals surface area contributed by atoms with Crippen molar-refractivity contribution in [3.05, 3.63) is 72.5 Å². The SMILES string of the molecule is C=C.C=Cc1c(/C=C\C)c2c3c(c4c5ccccc5n5c4c2n1C1OC5C[C@@H]1OC)C(N)=NC3=O. The summed E-state index contributed by atoms with van der Waals surface area (Å²) in [6, 6.07) is 8.20. The third kappa shape index (κ3) is 2.46. The van der Waals surface area contributed by atoms with E-state index in [2.05, 4.69) is 46.0 Å². The average molecular weight is 467 g/mol. The summed E-state index contributed by atoms with van der Waals surface area (Å²) in [5, 5.41) is 2.82. The second-order valence-electron chi connectivity index (χ2n) is 8.75. The lowest BCUT2D eigenvalue weighted by molar-refractivity contribution is -0.0620. The van der Waals surface area contributed by atoms with Crippen LogP contribution in [0.15, 0.2) is 55.1 Å². The Morgan fingerprint density at radius 2 is 1.91 bits per heavy atom. The summed E-state index contributed by atoms with van der Waals surface area (Å²) in [5.41, 5.74) is 12.5. The van der Waals surface area contributed by atoms with Crippen LogP contribution in [0.4, 0.5) is 0 Å². The van der Waals surface area contributed by atoms with E-state index in [1.807, 2.05) is 37.3 Å². The molecule has 2 unspecified atom stereocenters. The molecule has 4 aromatic rings. The van der Waals surface area contributed by atoms with Gasteiger partial charge in [0.25, 0.3) is 5.91 Å². The van der Waals surface area contributed by atoms with Crippen LogP contribution in [0.5, 0.6) is 0 Å². The molecular weight excluding hydrogens is 440 g/mol. The average Bonchev–Trinajstić information content (AvgIpc) is 3.57. The lowest BCUT2D eigenvalue weighted by Gasteiger charge is -2.21. The highest BCUT2D eigenvalue weighted by Gasteiger charge is 2.45. The molecule has 2 aromatic carbocycles. The summed E-state index contributed by atoms with van der Waals surface area (Å²) in [7, 11) is 1.72. The Morgan fingerprint density at radius 3 is 2.63 bits per heavy atom. The topological polar surface area (TPSA) is 83.8 Å². The Labute approximate surface area is 202 Å². The quantitative estimate of drug-likeness (QED) is 0.402. The van der Waals surface area contributed by atoms with Gasteiger partial charge in [-0.1, -0.05) is 36.9 Å². The van der Waals surface area contributed by atoms with Crippen molar-refractivity contribution < 1.29 is 14.3 Å². The van der Waals surface area contributed by atoms with Crippen LogP contribution in [-0.2, 0) is 9.47 Å². The Morgan fingerprint density at radius 1 is 1.17 bits per heavy atom. The van der Waals surface area contributed by atoms with Crippen molar-refractivity contribution in [2.45, 2.75) is 31.9 Å². The molecular formula is C28H26N4O3. The molecule has 1 amide bonds. The third-order valence-corrected chi connectivity index (χ3v) is 7.28. The van der Waals surface area contributed by atoms with Crippen LogP contribution in [-0.4, -0.2) is 34.1 Å². The number of rotatable bonds is 3. The van der Waals surface area contributed by atoms with Crippen molar-refractivity contribution in [3.8, 4) is 0 Å². The number of nitrogens with two attached hydrogens (primary N) is 1. The summed E-state index contributed by atoms with van der Waals surface area (Å²) in [5.74, 6) is -0.0393. The van der Waals surface area contributed by atoms with Gasteiger partial charge in [-0.2, -0.15) is 4.99 Å². The van der Waals surface area contributed by atoms with Crippen molar-refractivity contribution in [2.24, 2.45) is 10.7 Å². The van der Waals surface area contributed by atoms with Gasteiger partial charge in [0.15, 0.2) is 6.23 Å². The molecule has 7 heteroatoms. The standard InChI is InChI=1S/C26H22N4O3.C2H4/c1-4-8-12-14(5-2)30-23-19(12)21-20(24(27)28-25(21)31)18-13-9-6-7-10-15(13)29(22(18)23)17-11-16(32-3)26(30)33-17;1-2/h4-10,16-17,26H,2,11H2,1,3H3,(H2,27,28,31);1-2H2/b8-4-;/t16-,17?,26?;/m0./s1. The number of fused-ring (bicyclic) bond motifs is 10. The van der Waals surface area contributed by atoms with E-state index in [1.165, 1.54) is 0 Å². The molecule has 3 atom stereocenters. The maximum Gasteiger partial charge on any atom is 0.280 e. The summed E-state index contributed by atoms with van der Waals surface area (Å²) in [6.45, 7) is 12.1. The second kappa shape index (κ2) is 7.53. The fourth-order valence-corrected chi connectivity index (χ4v) is 6.13. The summed E-state index contributed by atoms with van der Waals surface area (Å²) < 4.78 is 17.0. The number of hydrogen-bond donors (Lipinski definition) is 1. The van der Waals surface area contributed by atoms with Gasteiger partial charge in [-0.05, 0) is 19.1 Å². The fourth-order valence-electron chi connectivity index (χ4n) is 6.13. The predicted octanol–water partition coefficient (Wildman–Crippen LogP) is 5.53. The van der Waals surface area contributed by atoms with Gasteiger partial charge in [0.1, 0.15) is 18.2 Å². The Balaban J connectivity index is 0.00000112. The fraction of sp³-hybridized carbons (Fsp3) is 0.214. The highest BCUT2D eigenvalue weighted by atomic mass is 16.6. The monoisotopic (exact) mass is 466 g/mol. The van der Waals surface area contributed by atoms with Gasteiger partial charge in [-0.25, -0.2) is 0 Å². The number of aliphatic imine (C=N–C) groups is 1. The zero-order chi connectivity index (χ0) is 24.6. The van der Waals surface area contributed by atoms with E-state index in [0.717, 1.165) is 49.5 Å². The van der Waals surface area contributed by atoms with Crippen LogP contribution in [0.25, 0.3) is 44.9 Å². The van der Waals surface area contributed by atoms with Crippen LogP contribution in [0, 0.1) is 0 Å². The summed E-state index contributed by atoms with van der Waals surface area (Å²) >= 11 is 0. The molecule has 0 saturated carbocycles. The normalized spacial score (nSPS) is 22.2. The number of benzene rings is 2. The smallest absolute Gasteiger partial charge is 0.280 e. The molecule has 2 bridgehead atoms. The molecule has 3 aliphatic rings. The second-order valence-corrected chi connectivity index (χ2v) is 8.75. The van der Waals surface area contributed by atoms with E-state index in [1.54, 1.807) is 7.11 Å². The first-order chi connectivity index (χ1) is 17.1. The van der Waals surface area contributed by atoms with E-state index in [4.69, 9.17) is 15.2 Å². The Kier molecular flexibility index (Phi) is 4.64. The Hall–Kier alpha value is -3.94. The van der Waals surface area contributed by atoms with Gasteiger partial charge in [-0.3, -0.25) is 4.79 Å². The van der Waals surface area contributed by atoms with Crippen LogP contribution in [0.3, 0.4) is 0 Å². The number of para-hydroxylation sites is 1. The number of methoxy groups -OCH3 is 1. The first-order valence-electron chi connectivity index (χ1n) is 11.6. The molecule has 1 saturated heterocycles. The highest BCUT2D eigenvalue weighted by molar-refractivity contribution is 6.36. The van der Waals surface area contributed by atoms with E-state index in [-0.39, 0.29) is 30.3 Å². The molecule has 2 N–H and O–H groups in total. The van der Waals surface area contributed by atoms with E-state index < -0.39 is 0 Å². The van der Waals surface area contributed by atoms with Crippen molar-refractivity contribution in [2.75, 3.05) is 7.11 Å². The first-order valence-corrected chi connectivity index (χ1v) is 11.6. The van der Waals surface area contributed by atoms with E-state index in [0.29, 0.717) is 12.0 Å². The predicted molar refractivity (Wildman–Crippen MR) is 141 cm³/mol. The van der Waals surface area contributed by atoms with E-state index in [9.17, 15) is 4.79 Å². The minimum Gasteiger partial charge on any atom is -0.383 e. The van der Waals surface area contributed by atoms with E-state index >= 15 is 0 Å². The molecule has 7 rings (SSSR count). The van der Waals surface area contributed by atoms with Crippen LogP contribution in [0.2, 0.25) is 0 Å². The van der Waals surface area contributed by atoms with Crippen molar-refractivity contribution in [3.63, 3.8) is 0 Å². The molecule has 2 aromatic heterocycles. The minimum atomic E-state index is -0.343. The summed E-state index contributed by atoms with van der Waals surface area (Å²) in [4.78, 5) is 17.4. The van der Waals surface area contributed by atoms with Crippen LogP contribution < -0.4 is 5.73 Å². The Bertz CT molecular complexity index is 1650. The number of nitrogens with zero attached hydrogens (tertiary/aromatic N) is 3. The van der Waals surface area contributed by atoms with Gasteiger partial charge < -0.3 is 24.3 Å². The van der Waals surface area contributed by atoms with Crippen LogP contribution >= 0.6 is 0 Å². The number of allylic oxidation sites excluding steroid dienone is 1. The number of amidine groups is 1. The molecule has 176 valence electrons. The lowest BCUT2D eigenvalue weighted by Crippen LogP contribution is -2.22. The van der Waals surface area contributed by atoms with Gasteiger partial charge >= 0.3 is 0 Å². The number of carbonyl (C=O) groups is 1.